The molecule has 1 aliphatic rings. The summed E-state index contributed by atoms with van der Waals surface area (Å²) >= 11 is 0. The molecule has 1 N–H and O–H groups in total. The van der Waals surface area contributed by atoms with Crippen molar-refractivity contribution in [1.29, 1.82) is 0 Å². The number of nitrogens with zero attached hydrogens (tertiary/aromatic N) is 1. The van der Waals surface area contributed by atoms with Gasteiger partial charge in [-0.2, -0.15) is 0 Å². The first kappa shape index (κ1) is 13.9. The summed E-state index contributed by atoms with van der Waals surface area (Å²) < 4.78 is 0. The molecule has 3 heteroatoms. The number of hydrogen-bond donors (Lipinski definition) is 1. The van der Waals surface area contributed by atoms with Crippen LogP contribution < -0.4 is 5.32 Å². The van der Waals surface area contributed by atoms with Gasteiger partial charge in [-0.05, 0) is 38.8 Å². The minimum absolute atomic E-state index is 0.172. The Balaban J connectivity index is 2.17. The van der Waals surface area contributed by atoms with Gasteiger partial charge in [-0.15, -0.1) is 0 Å². The van der Waals surface area contributed by atoms with Crippen molar-refractivity contribution >= 4 is 11.6 Å². The molecule has 1 heterocycles. The van der Waals surface area contributed by atoms with Gasteiger partial charge in [-0.3, -0.25) is 4.79 Å². The lowest BCUT2D eigenvalue weighted by atomic mass is 10.1. The van der Waals surface area contributed by atoms with Crippen LogP contribution in [0.15, 0.2) is 24.3 Å². The monoisotopic (exact) mass is 260 g/mol. The average molecular weight is 260 g/mol. The lowest BCUT2D eigenvalue weighted by molar-refractivity contribution is 0.0762. The number of carbonyl (C=O) groups excluding carboxylic acids is 1. The molecule has 3 nitrogen and oxygen atoms in total. The van der Waals surface area contributed by atoms with Gasteiger partial charge in [0.2, 0.25) is 0 Å². The lowest BCUT2D eigenvalue weighted by Gasteiger charge is -2.22. The molecule has 1 aliphatic heterocycles. The Morgan fingerprint density at radius 3 is 2.37 bits per heavy atom. The van der Waals surface area contributed by atoms with E-state index in [2.05, 4.69) is 19.2 Å². The molecule has 0 radical (unpaired) electrons. The van der Waals surface area contributed by atoms with Gasteiger partial charge in [0.15, 0.2) is 0 Å². The van der Waals surface area contributed by atoms with E-state index < -0.39 is 0 Å². The molecule has 0 saturated carbocycles. The topological polar surface area (TPSA) is 32.3 Å². The molecule has 0 bridgehead atoms. The zero-order chi connectivity index (χ0) is 13.7. The van der Waals surface area contributed by atoms with Crippen molar-refractivity contribution < 1.29 is 4.79 Å². The molecule has 104 valence electrons. The van der Waals surface area contributed by atoms with E-state index in [4.69, 9.17) is 0 Å². The minimum Gasteiger partial charge on any atom is -0.382 e. The van der Waals surface area contributed by atoms with E-state index >= 15 is 0 Å². The Kier molecular flexibility index (Phi) is 4.83. The number of amides is 1. The van der Waals surface area contributed by atoms with E-state index in [9.17, 15) is 4.79 Å². The average Bonchev–Trinajstić information content (AvgIpc) is 2.67. The molecular formula is C16H24N2O. The van der Waals surface area contributed by atoms with E-state index in [-0.39, 0.29) is 5.91 Å². The summed E-state index contributed by atoms with van der Waals surface area (Å²) in [5.74, 6) is 0.172. The second-order valence-corrected chi connectivity index (χ2v) is 5.55. The van der Waals surface area contributed by atoms with Crippen LogP contribution in [0.3, 0.4) is 0 Å². The summed E-state index contributed by atoms with van der Waals surface area (Å²) in [7, 11) is 0. The molecule has 0 aromatic heterocycles. The number of anilines is 1. The molecule has 0 atom stereocenters. The number of likely N-dealkylation sites (tertiary alicyclic amines) is 1. The van der Waals surface area contributed by atoms with Crippen LogP contribution in [0.25, 0.3) is 0 Å². The first-order valence-electron chi connectivity index (χ1n) is 7.33. The quantitative estimate of drug-likeness (QED) is 0.901. The van der Waals surface area contributed by atoms with Gasteiger partial charge < -0.3 is 10.2 Å². The van der Waals surface area contributed by atoms with Crippen molar-refractivity contribution in [3.8, 4) is 0 Å². The Hall–Kier alpha value is -1.51. The van der Waals surface area contributed by atoms with Crippen LogP contribution in [-0.4, -0.2) is 29.9 Å². The van der Waals surface area contributed by atoms with Crippen molar-refractivity contribution in [1.82, 2.24) is 4.90 Å². The maximum atomic E-state index is 12.6. The van der Waals surface area contributed by atoms with Gasteiger partial charge in [0.05, 0.1) is 5.56 Å². The summed E-state index contributed by atoms with van der Waals surface area (Å²) in [4.78, 5) is 14.6. The van der Waals surface area contributed by atoms with Gasteiger partial charge in [-0.1, -0.05) is 25.0 Å². The summed E-state index contributed by atoms with van der Waals surface area (Å²) in [5.41, 5.74) is 1.75. The molecule has 19 heavy (non-hydrogen) atoms. The van der Waals surface area contributed by atoms with E-state index in [0.717, 1.165) is 37.2 Å². The number of nitrogens with one attached hydrogen (secondary N) is 1. The lowest BCUT2D eigenvalue weighted by Crippen LogP contribution is -2.32. The molecule has 1 amide bonds. The van der Waals surface area contributed by atoms with Gasteiger partial charge in [0, 0.05) is 24.8 Å². The highest BCUT2D eigenvalue weighted by atomic mass is 16.2. The molecular weight excluding hydrogens is 236 g/mol. The first-order chi connectivity index (χ1) is 9.18. The second kappa shape index (κ2) is 6.60. The van der Waals surface area contributed by atoms with Crippen molar-refractivity contribution in [2.75, 3.05) is 18.4 Å². The molecule has 1 fully saturated rings. The highest BCUT2D eigenvalue weighted by Crippen LogP contribution is 2.20. The third-order valence-corrected chi connectivity index (χ3v) is 3.49. The highest BCUT2D eigenvalue weighted by molar-refractivity contribution is 5.99. The van der Waals surface area contributed by atoms with Crippen molar-refractivity contribution in [2.24, 2.45) is 0 Å². The number of benzene rings is 1. The number of hydrogen-bond acceptors (Lipinski definition) is 2. The van der Waals surface area contributed by atoms with Gasteiger partial charge in [-0.25, -0.2) is 0 Å². The molecule has 1 aromatic rings. The summed E-state index contributed by atoms with van der Waals surface area (Å²) in [6.45, 7) is 5.98. The molecule has 0 spiro atoms. The van der Waals surface area contributed by atoms with Crippen molar-refractivity contribution in [2.45, 2.75) is 45.6 Å². The number of rotatable bonds is 3. The smallest absolute Gasteiger partial charge is 0.255 e. The van der Waals surface area contributed by atoms with Crippen LogP contribution >= 0.6 is 0 Å². The maximum absolute atomic E-state index is 12.6. The van der Waals surface area contributed by atoms with Crippen LogP contribution in [-0.2, 0) is 0 Å². The summed E-state index contributed by atoms with van der Waals surface area (Å²) in [6.07, 6.45) is 4.75. The fourth-order valence-corrected chi connectivity index (χ4v) is 2.55. The fraction of sp³-hybridized carbons (Fsp3) is 0.562. The largest absolute Gasteiger partial charge is 0.382 e. The Morgan fingerprint density at radius 1 is 1.11 bits per heavy atom. The van der Waals surface area contributed by atoms with Crippen LogP contribution in [0.1, 0.15) is 49.9 Å². The maximum Gasteiger partial charge on any atom is 0.255 e. The van der Waals surface area contributed by atoms with Crippen LogP contribution in [0.5, 0.6) is 0 Å². The van der Waals surface area contributed by atoms with Gasteiger partial charge in [0.25, 0.3) is 5.91 Å². The first-order valence-corrected chi connectivity index (χ1v) is 7.33. The Morgan fingerprint density at radius 2 is 1.74 bits per heavy atom. The van der Waals surface area contributed by atoms with Crippen LogP contribution in [0.2, 0.25) is 0 Å². The van der Waals surface area contributed by atoms with E-state index in [1.54, 1.807) is 0 Å². The SMILES string of the molecule is CC(C)Nc1ccccc1C(=O)N1CCCCCC1. The summed E-state index contributed by atoms with van der Waals surface area (Å²) in [5, 5.41) is 3.36. The fourth-order valence-electron chi connectivity index (χ4n) is 2.55. The summed E-state index contributed by atoms with van der Waals surface area (Å²) in [6, 6.07) is 8.17. The molecule has 0 aliphatic carbocycles. The van der Waals surface area contributed by atoms with Gasteiger partial charge in [0.1, 0.15) is 0 Å². The second-order valence-electron chi connectivity index (χ2n) is 5.55. The van der Waals surface area contributed by atoms with Crippen LogP contribution in [0, 0.1) is 0 Å². The van der Waals surface area contributed by atoms with Crippen molar-refractivity contribution in [3.05, 3.63) is 29.8 Å². The Labute approximate surface area is 116 Å². The highest BCUT2D eigenvalue weighted by Gasteiger charge is 2.19. The van der Waals surface area contributed by atoms with E-state index in [0.29, 0.717) is 6.04 Å². The minimum atomic E-state index is 0.172. The zero-order valence-corrected chi connectivity index (χ0v) is 12.0. The van der Waals surface area contributed by atoms with Crippen molar-refractivity contribution in [3.63, 3.8) is 0 Å². The normalized spacial score (nSPS) is 16.3. The van der Waals surface area contributed by atoms with Gasteiger partial charge >= 0.3 is 0 Å². The Bertz CT molecular complexity index is 421. The number of para-hydroxylation sites is 1. The predicted molar refractivity (Wildman–Crippen MR) is 79.6 cm³/mol. The predicted octanol–water partition coefficient (Wildman–Crippen LogP) is 3.52. The van der Waals surface area contributed by atoms with E-state index in [1.807, 2.05) is 29.2 Å². The third-order valence-electron chi connectivity index (χ3n) is 3.49. The van der Waals surface area contributed by atoms with E-state index in [1.165, 1.54) is 12.8 Å². The molecule has 2 rings (SSSR count). The third kappa shape index (κ3) is 3.72. The standard InChI is InChI=1S/C16H24N2O/c1-13(2)17-15-10-6-5-9-14(15)16(19)18-11-7-3-4-8-12-18/h5-6,9-10,13,17H,3-4,7-8,11-12H2,1-2H3. The van der Waals surface area contributed by atoms with Crippen LogP contribution in [0.4, 0.5) is 5.69 Å². The molecule has 1 aromatic carbocycles. The number of carbonyl (C=O) groups is 1. The zero-order valence-electron chi connectivity index (χ0n) is 12.0. The molecule has 1 saturated heterocycles. The molecule has 0 unspecified atom stereocenters.